The van der Waals surface area contributed by atoms with Crippen molar-refractivity contribution in [3.63, 3.8) is 0 Å². The van der Waals surface area contributed by atoms with E-state index in [1.165, 1.54) is 12.8 Å². The molecule has 0 amide bonds. The van der Waals surface area contributed by atoms with E-state index in [0.29, 0.717) is 5.56 Å². The number of anilines is 1. The molecule has 1 saturated carbocycles. The summed E-state index contributed by atoms with van der Waals surface area (Å²) in [5, 5.41) is 12.0. The van der Waals surface area contributed by atoms with Crippen LogP contribution in [0.2, 0.25) is 0 Å². The van der Waals surface area contributed by atoms with Crippen LogP contribution in [-0.2, 0) is 0 Å². The summed E-state index contributed by atoms with van der Waals surface area (Å²) in [6.07, 6.45) is 2.69. The average Bonchev–Trinajstić information content (AvgIpc) is 3.31. The Morgan fingerprint density at radius 3 is 2.60 bits per heavy atom. The van der Waals surface area contributed by atoms with Crippen molar-refractivity contribution in [2.45, 2.75) is 25.8 Å². The van der Waals surface area contributed by atoms with E-state index < -0.39 is 0 Å². The summed E-state index contributed by atoms with van der Waals surface area (Å²) in [7, 11) is 0. The number of pyridine rings is 1. The van der Waals surface area contributed by atoms with E-state index in [1.807, 2.05) is 19.1 Å². The third-order valence-electron chi connectivity index (χ3n) is 4.08. The highest BCUT2D eigenvalue weighted by molar-refractivity contribution is 6.01. The fraction of sp³-hybridized carbons (Fsp3) is 0.571. The number of piperazine rings is 1. The zero-order valence-corrected chi connectivity index (χ0v) is 11.8. The van der Waals surface area contributed by atoms with Gasteiger partial charge in [-0.05, 0) is 31.9 Å². The number of hydrogen-bond acceptors (Lipinski definition) is 5. The Hall–Kier alpha value is -1.82. The summed E-state index contributed by atoms with van der Waals surface area (Å²) in [6, 6.07) is 4.57. The van der Waals surface area contributed by atoms with Gasteiger partial charge in [0.25, 0.3) is 0 Å². The molecule has 3 rings (SSSR count). The van der Waals surface area contributed by atoms with Crippen molar-refractivity contribution in [3.05, 3.63) is 23.4 Å². The SMILES string of the molecule is Cc1ccc(C(N)=NO)c(N2CCN(C3CC3)CC2)n1. The van der Waals surface area contributed by atoms with E-state index in [0.717, 1.165) is 43.7 Å². The molecule has 3 N–H and O–H groups in total. The Labute approximate surface area is 118 Å². The molecule has 1 saturated heterocycles. The van der Waals surface area contributed by atoms with Gasteiger partial charge < -0.3 is 15.8 Å². The van der Waals surface area contributed by atoms with E-state index in [1.54, 1.807) is 0 Å². The molecular formula is C14H21N5O. The molecule has 2 fully saturated rings. The Morgan fingerprint density at radius 2 is 2.00 bits per heavy atom. The van der Waals surface area contributed by atoms with E-state index in [-0.39, 0.29) is 5.84 Å². The largest absolute Gasteiger partial charge is 0.409 e. The van der Waals surface area contributed by atoms with Gasteiger partial charge in [0.15, 0.2) is 5.84 Å². The molecule has 0 spiro atoms. The van der Waals surface area contributed by atoms with Crippen LogP contribution in [0, 0.1) is 6.92 Å². The van der Waals surface area contributed by atoms with Crippen molar-refractivity contribution >= 4 is 11.7 Å². The smallest absolute Gasteiger partial charge is 0.173 e. The molecule has 0 aromatic carbocycles. The number of aryl methyl sites for hydroxylation is 1. The Balaban J connectivity index is 1.80. The molecule has 1 aromatic heterocycles. The fourth-order valence-corrected chi connectivity index (χ4v) is 2.78. The minimum atomic E-state index is 0.122. The van der Waals surface area contributed by atoms with Crippen LogP contribution in [0.15, 0.2) is 17.3 Å². The molecule has 0 radical (unpaired) electrons. The molecule has 108 valence electrons. The van der Waals surface area contributed by atoms with E-state index >= 15 is 0 Å². The highest BCUT2D eigenvalue weighted by Gasteiger charge is 2.32. The standard InChI is InChI=1S/C14H21N5O/c1-10-2-5-12(13(15)17-20)14(16-10)19-8-6-18(7-9-19)11-3-4-11/h2,5,11,20H,3-4,6-9H2,1H3,(H2,15,17). The minimum Gasteiger partial charge on any atom is -0.409 e. The topological polar surface area (TPSA) is 78.0 Å². The zero-order chi connectivity index (χ0) is 14.1. The van der Waals surface area contributed by atoms with Gasteiger partial charge in [0.1, 0.15) is 5.82 Å². The number of oxime groups is 1. The number of nitrogens with zero attached hydrogens (tertiary/aromatic N) is 4. The number of nitrogens with two attached hydrogens (primary N) is 1. The molecule has 6 heteroatoms. The lowest BCUT2D eigenvalue weighted by Crippen LogP contribution is -2.48. The first kappa shape index (κ1) is 13.2. The first-order valence-corrected chi connectivity index (χ1v) is 7.13. The van der Waals surface area contributed by atoms with Crippen molar-refractivity contribution in [2.75, 3.05) is 31.1 Å². The van der Waals surface area contributed by atoms with Crippen LogP contribution in [0.4, 0.5) is 5.82 Å². The maximum atomic E-state index is 8.91. The highest BCUT2D eigenvalue weighted by atomic mass is 16.4. The summed E-state index contributed by atoms with van der Waals surface area (Å²) in [5.41, 5.74) is 7.41. The summed E-state index contributed by atoms with van der Waals surface area (Å²) < 4.78 is 0. The third-order valence-corrected chi connectivity index (χ3v) is 4.08. The van der Waals surface area contributed by atoms with Crippen molar-refractivity contribution in [1.82, 2.24) is 9.88 Å². The van der Waals surface area contributed by atoms with E-state index in [4.69, 9.17) is 10.9 Å². The second-order valence-electron chi connectivity index (χ2n) is 5.56. The van der Waals surface area contributed by atoms with Crippen LogP contribution in [-0.4, -0.2) is 53.1 Å². The predicted octanol–water partition coefficient (Wildman–Crippen LogP) is 0.769. The Kier molecular flexibility index (Phi) is 3.48. The van der Waals surface area contributed by atoms with Gasteiger partial charge in [0.05, 0.1) is 5.56 Å². The predicted molar refractivity (Wildman–Crippen MR) is 78.3 cm³/mol. The molecule has 20 heavy (non-hydrogen) atoms. The van der Waals surface area contributed by atoms with Crippen molar-refractivity contribution in [3.8, 4) is 0 Å². The molecule has 0 atom stereocenters. The van der Waals surface area contributed by atoms with Crippen molar-refractivity contribution < 1.29 is 5.21 Å². The van der Waals surface area contributed by atoms with Crippen LogP contribution >= 0.6 is 0 Å². The van der Waals surface area contributed by atoms with Crippen LogP contribution in [0.5, 0.6) is 0 Å². The number of hydrogen-bond donors (Lipinski definition) is 2. The second kappa shape index (κ2) is 5.28. The maximum Gasteiger partial charge on any atom is 0.173 e. The average molecular weight is 275 g/mol. The minimum absolute atomic E-state index is 0.122. The first-order chi connectivity index (χ1) is 9.69. The zero-order valence-electron chi connectivity index (χ0n) is 11.8. The highest BCUT2D eigenvalue weighted by Crippen LogP contribution is 2.28. The fourth-order valence-electron chi connectivity index (χ4n) is 2.78. The van der Waals surface area contributed by atoms with Crippen LogP contribution in [0.25, 0.3) is 0 Å². The van der Waals surface area contributed by atoms with E-state index in [2.05, 4.69) is 19.9 Å². The summed E-state index contributed by atoms with van der Waals surface area (Å²) >= 11 is 0. The maximum absolute atomic E-state index is 8.91. The molecule has 1 aliphatic heterocycles. The molecule has 0 bridgehead atoms. The summed E-state index contributed by atoms with van der Waals surface area (Å²) in [4.78, 5) is 9.37. The van der Waals surface area contributed by atoms with Gasteiger partial charge in [-0.25, -0.2) is 4.98 Å². The summed E-state index contributed by atoms with van der Waals surface area (Å²) in [5.74, 6) is 0.952. The molecule has 0 unspecified atom stereocenters. The molecule has 2 aliphatic rings. The second-order valence-corrected chi connectivity index (χ2v) is 5.56. The Bertz CT molecular complexity index is 518. The number of rotatable bonds is 3. The lowest BCUT2D eigenvalue weighted by atomic mass is 10.2. The first-order valence-electron chi connectivity index (χ1n) is 7.13. The Morgan fingerprint density at radius 1 is 1.30 bits per heavy atom. The monoisotopic (exact) mass is 275 g/mol. The van der Waals surface area contributed by atoms with Crippen molar-refractivity contribution in [1.29, 1.82) is 0 Å². The van der Waals surface area contributed by atoms with Gasteiger partial charge in [-0.3, -0.25) is 4.90 Å². The van der Waals surface area contributed by atoms with Gasteiger partial charge in [-0.2, -0.15) is 0 Å². The lowest BCUT2D eigenvalue weighted by molar-refractivity contribution is 0.247. The lowest BCUT2D eigenvalue weighted by Gasteiger charge is -2.36. The van der Waals surface area contributed by atoms with Gasteiger partial charge >= 0.3 is 0 Å². The van der Waals surface area contributed by atoms with Gasteiger partial charge in [0, 0.05) is 37.9 Å². The van der Waals surface area contributed by atoms with Gasteiger partial charge in [-0.15, -0.1) is 0 Å². The molecular weight excluding hydrogens is 254 g/mol. The number of aromatic nitrogens is 1. The molecule has 6 nitrogen and oxygen atoms in total. The third kappa shape index (κ3) is 2.56. The van der Waals surface area contributed by atoms with Gasteiger partial charge in [-0.1, -0.05) is 5.16 Å². The molecule has 1 aromatic rings. The van der Waals surface area contributed by atoms with Crippen LogP contribution < -0.4 is 10.6 Å². The molecule has 1 aliphatic carbocycles. The summed E-state index contributed by atoms with van der Waals surface area (Å²) in [6.45, 7) is 5.98. The van der Waals surface area contributed by atoms with Crippen molar-refractivity contribution in [2.24, 2.45) is 10.9 Å². The van der Waals surface area contributed by atoms with E-state index in [9.17, 15) is 0 Å². The number of amidine groups is 1. The van der Waals surface area contributed by atoms with Crippen LogP contribution in [0.3, 0.4) is 0 Å². The van der Waals surface area contributed by atoms with Gasteiger partial charge in [0.2, 0.25) is 0 Å². The normalized spacial score (nSPS) is 21.2. The molecule has 2 heterocycles. The van der Waals surface area contributed by atoms with Crippen LogP contribution in [0.1, 0.15) is 24.1 Å². The quantitative estimate of drug-likeness (QED) is 0.369.